The highest BCUT2D eigenvalue weighted by atomic mass is 16.6. The van der Waals surface area contributed by atoms with Crippen molar-refractivity contribution in [1.29, 1.82) is 0 Å². The maximum Gasteiger partial charge on any atom is 0.407 e. The second-order valence-corrected chi connectivity index (χ2v) is 4.15. The lowest BCUT2D eigenvalue weighted by molar-refractivity contribution is 0.0523. The van der Waals surface area contributed by atoms with Crippen molar-refractivity contribution in [3.05, 3.63) is 0 Å². The summed E-state index contributed by atoms with van der Waals surface area (Å²) in [4.78, 5) is 11.1. The highest BCUT2D eigenvalue weighted by Gasteiger charge is 2.35. The van der Waals surface area contributed by atoms with Crippen LogP contribution in [0.5, 0.6) is 0 Å². The van der Waals surface area contributed by atoms with Crippen molar-refractivity contribution < 1.29 is 9.53 Å². The van der Waals surface area contributed by atoms with Gasteiger partial charge in [-0.1, -0.05) is 0 Å². The molecule has 0 heterocycles. The molecule has 1 aliphatic carbocycles. The van der Waals surface area contributed by atoms with Gasteiger partial charge >= 0.3 is 6.09 Å². The van der Waals surface area contributed by atoms with E-state index in [1.807, 2.05) is 20.8 Å². The van der Waals surface area contributed by atoms with Crippen LogP contribution in [0.25, 0.3) is 0 Å². The lowest BCUT2D eigenvalue weighted by Crippen LogP contribution is -2.35. The topological polar surface area (TPSA) is 64.3 Å². The summed E-state index contributed by atoms with van der Waals surface area (Å²) in [7, 11) is 0. The molecular weight excluding hydrogens is 156 g/mol. The number of carbonyl (C=O) groups excluding carboxylic acids is 1. The van der Waals surface area contributed by atoms with E-state index in [2.05, 4.69) is 5.32 Å². The van der Waals surface area contributed by atoms with Gasteiger partial charge in [-0.05, 0) is 27.2 Å². The summed E-state index contributed by atoms with van der Waals surface area (Å²) in [6, 6.07) is 0.248. The number of nitrogens with one attached hydrogen (secondary N) is 1. The molecule has 3 N–H and O–H groups in total. The van der Waals surface area contributed by atoms with Crippen molar-refractivity contribution in [3.8, 4) is 0 Å². The van der Waals surface area contributed by atoms with E-state index in [9.17, 15) is 4.79 Å². The number of nitrogens with two attached hydrogens (primary N) is 1. The van der Waals surface area contributed by atoms with Gasteiger partial charge in [-0.15, -0.1) is 0 Å². The van der Waals surface area contributed by atoms with Crippen LogP contribution in [0.2, 0.25) is 0 Å². The van der Waals surface area contributed by atoms with E-state index in [-0.39, 0.29) is 18.2 Å². The lowest BCUT2D eigenvalue weighted by atomic mass is 10.2. The largest absolute Gasteiger partial charge is 0.444 e. The molecule has 0 aliphatic heterocycles. The Balaban J connectivity index is 2.21. The Kier molecular flexibility index (Phi) is 2.28. The molecule has 12 heavy (non-hydrogen) atoms. The van der Waals surface area contributed by atoms with Crippen LogP contribution < -0.4 is 11.1 Å². The van der Waals surface area contributed by atoms with Gasteiger partial charge in [0.05, 0.1) is 0 Å². The summed E-state index contributed by atoms with van der Waals surface area (Å²) in [5.74, 6) is 0. The second kappa shape index (κ2) is 2.94. The van der Waals surface area contributed by atoms with Gasteiger partial charge in [0.1, 0.15) is 5.60 Å². The number of carbonyl (C=O) groups is 1. The SMILES string of the molecule is CC(C)(C)OC(=O)NC1C[C@H]1N. The molecule has 4 heteroatoms. The maximum atomic E-state index is 11.1. The predicted octanol–water partition coefficient (Wildman–Crippen LogP) is 0.611. The Bertz CT molecular complexity index is 186. The standard InChI is InChI=1S/C8H16N2O2/c1-8(2,3)12-7(11)10-6-4-5(6)9/h5-6H,4,9H2,1-3H3,(H,10,11)/t5-,6?/m1/s1. The summed E-state index contributed by atoms with van der Waals surface area (Å²) in [6.45, 7) is 5.50. The van der Waals surface area contributed by atoms with Crippen molar-refractivity contribution >= 4 is 6.09 Å². The first-order valence-corrected chi connectivity index (χ1v) is 4.13. The van der Waals surface area contributed by atoms with Gasteiger partial charge in [0.2, 0.25) is 0 Å². The van der Waals surface area contributed by atoms with Crippen LogP contribution in [0.4, 0.5) is 4.79 Å². The van der Waals surface area contributed by atoms with E-state index in [0.29, 0.717) is 0 Å². The third-order valence-corrected chi connectivity index (χ3v) is 1.54. The number of alkyl carbamates (subject to hydrolysis) is 1. The van der Waals surface area contributed by atoms with Crippen LogP contribution in [0.3, 0.4) is 0 Å². The number of ether oxygens (including phenoxy) is 1. The van der Waals surface area contributed by atoms with Gasteiger partial charge < -0.3 is 15.8 Å². The normalized spacial score (nSPS) is 28.0. The minimum atomic E-state index is -0.428. The predicted molar refractivity (Wildman–Crippen MR) is 45.8 cm³/mol. The smallest absolute Gasteiger partial charge is 0.407 e. The average Bonchev–Trinajstić information content (AvgIpc) is 2.40. The molecule has 0 bridgehead atoms. The van der Waals surface area contributed by atoms with Crippen LogP contribution in [-0.2, 0) is 4.74 Å². The minimum absolute atomic E-state index is 0.123. The summed E-state index contributed by atoms with van der Waals surface area (Å²) < 4.78 is 5.03. The van der Waals surface area contributed by atoms with Crippen LogP contribution in [-0.4, -0.2) is 23.8 Å². The Hall–Kier alpha value is -0.770. The van der Waals surface area contributed by atoms with Crippen molar-refractivity contribution in [3.63, 3.8) is 0 Å². The van der Waals surface area contributed by atoms with Crippen molar-refractivity contribution in [2.75, 3.05) is 0 Å². The monoisotopic (exact) mass is 172 g/mol. The van der Waals surface area contributed by atoms with E-state index in [1.54, 1.807) is 0 Å². The summed E-state index contributed by atoms with van der Waals surface area (Å²) >= 11 is 0. The molecule has 4 nitrogen and oxygen atoms in total. The molecular formula is C8H16N2O2. The molecule has 70 valence electrons. The van der Waals surface area contributed by atoms with Crippen molar-refractivity contribution in [1.82, 2.24) is 5.32 Å². The molecule has 1 aliphatic rings. The van der Waals surface area contributed by atoms with E-state index in [4.69, 9.17) is 10.5 Å². The van der Waals surface area contributed by atoms with Gasteiger partial charge in [0, 0.05) is 12.1 Å². The van der Waals surface area contributed by atoms with Gasteiger partial charge in [0.25, 0.3) is 0 Å². The first kappa shape index (κ1) is 9.32. The van der Waals surface area contributed by atoms with E-state index in [1.165, 1.54) is 0 Å². The molecule has 1 saturated carbocycles. The third-order valence-electron chi connectivity index (χ3n) is 1.54. The Morgan fingerprint density at radius 2 is 2.08 bits per heavy atom. The molecule has 2 atom stereocenters. The first-order valence-electron chi connectivity index (χ1n) is 4.13. The second-order valence-electron chi connectivity index (χ2n) is 4.15. The highest BCUT2D eigenvalue weighted by molar-refractivity contribution is 5.68. The van der Waals surface area contributed by atoms with Gasteiger partial charge in [-0.3, -0.25) is 0 Å². The molecule has 0 radical (unpaired) electrons. The lowest BCUT2D eigenvalue weighted by Gasteiger charge is -2.19. The minimum Gasteiger partial charge on any atom is -0.444 e. The Morgan fingerprint density at radius 3 is 2.42 bits per heavy atom. The van der Waals surface area contributed by atoms with Gasteiger partial charge in [0.15, 0.2) is 0 Å². The van der Waals surface area contributed by atoms with Crippen LogP contribution in [0, 0.1) is 0 Å². The highest BCUT2D eigenvalue weighted by Crippen LogP contribution is 2.18. The van der Waals surface area contributed by atoms with Gasteiger partial charge in [-0.2, -0.15) is 0 Å². The van der Waals surface area contributed by atoms with Crippen LogP contribution >= 0.6 is 0 Å². The summed E-state index contributed by atoms with van der Waals surface area (Å²) in [6.07, 6.45) is 0.486. The van der Waals surface area contributed by atoms with Crippen LogP contribution in [0.1, 0.15) is 27.2 Å². The maximum absolute atomic E-state index is 11.1. The zero-order valence-electron chi connectivity index (χ0n) is 7.76. The number of rotatable bonds is 1. The molecule has 1 rings (SSSR count). The third kappa shape index (κ3) is 3.09. The quantitative estimate of drug-likeness (QED) is 0.609. The fraction of sp³-hybridized carbons (Fsp3) is 0.875. The number of amides is 1. The fourth-order valence-electron chi connectivity index (χ4n) is 0.840. The molecule has 0 aromatic carbocycles. The molecule has 0 aromatic heterocycles. The molecule has 1 unspecified atom stereocenters. The van der Waals surface area contributed by atoms with Crippen molar-refractivity contribution in [2.45, 2.75) is 44.9 Å². The van der Waals surface area contributed by atoms with Gasteiger partial charge in [-0.25, -0.2) is 4.79 Å². The van der Waals surface area contributed by atoms with E-state index in [0.717, 1.165) is 6.42 Å². The fourth-order valence-corrected chi connectivity index (χ4v) is 0.840. The van der Waals surface area contributed by atoms with Crippen molar-refractivity contribution in [2.24, 2.45) is 5.73 Å². The van der Waals surface area contributed by atoms with E-state index >= 15 is 0 Å². The molecule has 1 amide bonds. The summed E-state index contributed by atoms with van der Waals surface area (Å²) in [5, 5.41) is 2.67. The van der Waals surface area contributed by atoms with E-state index < -0.39 is 5.60 Å². The number of hydrogen-bond donors (Lipinski definition) is 2. The zero-order chi connectivity index (χ0) is 9.35. The zero-order valence-corrected chi connectivity index (χ0v) is 7.76. The molecule has 0 aromatic rings. The number of hydrogen-bond acceptors (Lipinski definition) is 3. The summed E-state index contributed by atoms with van der Waals surface area (Å²) in [5.41, 5.74) is 5.08. The van der Waals surface area contributed by atoms with Crippen LogP contribution in [0.15, 0.2) is 0 Å². The molecule has 0 saturated heterocycles. The first-order chi connectivity index (χ1) is 5.38. The Labute approximate surface area is 72.5 Å². The molecule has 0 spiro atoms. The average molecular weight is 172 g/mol. The Morgan fingerprint density at radius 1 is 1.58 bits per heavy atom. The molecule has 1 fully saturated rings.